The lowest BCUT2D eigenvalue weighted by Crippen LogP contribution is -2.52. The SMILES string of the molecule is O=C1Nc2cc(F)ccc2OC(CF)C1N(Cc1ccccc1)Cc1ccccc1. The Labute approximate surface area is 174 Å². The number of fused-ring (bicyclic) bond motifs is 1. The maximum absolute atomic E-state index is 14.1. The highest BCUT2D eigenvalue weighted by molar-refractivity contribution is 5.97. The molecule has 154 valence electrons. The number of anilines is 1. The summed E-state index contributed by atoms with van der Waals surface area (Å²) in [6.07, 6.45) is -1.02. The smallest absolute Gasteiger partial charge is 0.245 e. The molecule has 0 aliphatic carbocycles. The van der Waals surface area contributed by atoms with Crippen LogP contribution in [0.15, 0.2) is 78.9 Å². The second-order valence-electron chi connectivity index (χ2n) is 7.26. The average Bonchev–Trinajstić information content (AvgIpc) is 2.89. The highest BCUT2D eigenvalue weighted by Gasteiger charge is 2.38. The number of halogens is 2. The molecule has 6 heteroatoms. The van der Waals surface area contributed by atoms with Crippen LogP contribution in [0, 0.1) is 5.82 Å². The molecule has 0 radical (unpaired) electrons. The van der Waals surface area contributed by atoms with Crippen molar-refractivity contribution >= 4 is 11.6 Å². The second kappa shape index (κ2) is 9.05. The number of benzene rings is 3. The molecule has 0 fully saturated rings. The molecule has 1 aliphatic rings. The van der Waals surface area contributed by atoms with E-state index < -0.39 is 30.5 Å². The first kappa shape index (κ1) is 20.0. The van der Waals surface area contributed by atoms with Crippen LogP contribution in [-0.4, -0.2) is 29.6 Å². The third-order valence-electron chi connectivity index (χ3n) is 5.10. The topological polar surface area (TPSA) is 41.6 Å². The van der Waals surface area contributed by atoms with Gasteiger partial charge >= 0.3 is 0 Å². The fourth-order valence-corrected chi connectivity index (χ4v) is 3.71. The van der Waals surface area contributed by atoms with E-state index in [0.717, 1.165) is 11.1 Å². The zero-order chi connectivity index (χ0) is 20.9. The average molecular weight is 408 g/mol. The van der Waals surface area contributed by atoms with Gasteiger partial charge in [0.2, 0.25) is 5.91 Å². The molecule has 2 atom stereocenters. The fraction of sp³-hybridized carbons (Fsp3) is 0.208. The Kier molecular flexibility index (Phi) is 6.05. The summed E-state index contributed by atoms with van der Waals surface area (Å²) in [6.45, 7) is 0.00571. The van der Waals surface area contributed by atoms with Gasteiger partial charge in [0.1, 0.15) is 24.3 Å². The summed E-state index contributed by atoms with van der Waals surface area (Å²) >= 11 is 0. The number of hydrogen-bond donors (Lipinski definition) is 1. The Hall–Kier alpha value is -3.25. The zero-order valence-electron chi connectivity index (χ0n) is 16.3. The minimum Gasteiger partial charge on any atom is -0.483 e. The summed E-state index contributed by atoms with van der Waals surface area (Å²) in [5.74, 6) is -0.665. The first-order chi connectivity index (χ1) is 14.6. The summed E-state index contributed by atoms with van der Waals surface area (Å²) in [7, 11) is 0. The first-order valence-electron chi connectivity index (χ1n) is 9.79. The molecule has 0 bridgehead atoms. The van der Waals surface area contributed by atoms with Crippen molar-refractivity contribution in [3.63, 3.8) is 0 Å². The van der Waals surface area contributed by atoms with Crippen molar-refractivity contribution in [3.05, 3.63) is 95.8 Å². The molecular formula is C24H22F2N2O2. The van der Waals surface area contributed by atoms with Gasteiger partial charge in [-0.15, -0.1) is 0 Å². The molecule has 30 heavy (non-hydrogen) atoms. The monoisotopic (exact) mass is 408 g/mol. The number of nitrogens with zero attached hydrogens (tertiary/aromatic N) is 1. The minimum absolute atomic E-state index is 0.209. The third kappa shape index (κ3) is 4.49. The summed E-state index contributed by atoms with van der Waals surface area (Å²) in [5, 5.41) is 2.72. The van der Waals surface area contributed by atoms with Crippen molar-refractivity contribution in [2.45, 2.75) is 25.2 Å². The molecular weight excluding hydrogens is 386 g/mol. The standard InChI is InChI=1S/C24H22F2N2O2/c25-14-22-23(24(29)27-20-13-19(26)11-12-21(20)30-22)28(15-17-7-3-1-4-8-17)16-18-9-5-2-6-10-18/h1-13,22-23H,14-16H2,(H,27,29). The number of alkyl halides is 1. The van der Waals surface area contributed by atoms with E-state index in [2.05, 4.69) is 5.32 Å². The Morgan fingerprint density at radius 1 is 0.900 bits per heavy atom. The number of ether oxygens (including phenoxy) is 1. The molecule has 4 rings (SSSR count). The lowest BCUT2D eigenvalue weighted by molar-refractivity contribution is -0.125. The van der Waals surface area contributed by atoms with Crippen LogP contribution in [0.4, 0.5) is 14.5 Å². The van der Waals surface area contributed by atoms with Crippen LogP contribution in [0.1, 0.15) is 11.1 Å². The number of nitrogens with one attached hydrogen (secondary N) is 1. The van der Waals surface area contributed by atoms with E-state index >= 15 is 0 Å². The van der Waals surface area contributed by atoms with Gasteiger partial charge in [0.15, 0.2) is 6.10 Å². The van der Waals surface area contributed by atoms with Crippen LogP contribution in [0.25, 0.3) is 0 Å². The lowest BCUT2D eigenvalue weighted by Gasteiger charge is -2.33. The van der Waals surface area contributed by atoms with E-state index in [1.54, 1.807) is 0 Å². The lowest BCUT2D eigenvalue weighted by atomic mass is 10.1. The molecule has 2 unspecified atom stereocenters. The Balaban J connectivity index is 1.69. The van der Waals surface area contributed by atoms with Gasteiger partial charge in [0.05, 0.1) is 5.69 Å². The van der Waals surface area contributed by atoms with Crippen molar-refractivity contribution in [1.82, 2.24) is 4.90 Å². The second-order valence-corrected chi connectivity index (χ2v) is 7.26. The maximum Gasteiger partial charge on any atom is 0.245 e. The van der Waals surface area contributed by atoms with Gasteiger partial charge in [0.25, 0.3) is 0 Å². The van der Waals surface area contributed by atoms with Crippen molar-refractivity contribution in [3.8, 4) is 5.75 Å². The minimum atomic E-state index is -1.02. The molecule has 4 nitrogen and oxygen atoms in total. The normalized spacial score (nSPS) is 18.3. The van der Waals surface area contributed by atoms with Crippen LogP contribution < -0.4 is 10.1 Å². The largest absolute Gasteiger partial charge is 0.483 e. The number of carbonyl (C=O) groups is 1. The van der Waals surface area contributed by atoms with Crippen molar-refractivity contribution in [2.75, 3.05) is 12.0 Å². The Morgan fingerprint density at radius 3 is 2.07 bits per heavy atom. The van der Waals surface area contributed by atoms with Crippen LogP contribution in [0.3, 0.4) is 0 Å². The molecule has 3 aromatic rings. The molecule has 1 N–H and O–H groups in total. The van der Waals surface area contributed by atoms with Gasteiger partial charge in [-0.05, 0) is 23.3 Å². The molecule has 0 saturated heterocycles. The van der Waals surface area contributed by atoms with E-state index in [0.29, 0.717) is 13.1 Å². The molecule has 1 aliphatic heterocycles. The van der Waals surface area contributed by atoms with E-state index in [4.69, 9.17) is 4.74 Å². The Bertz CT molecular complexity index is 957. The molecule has 0 aromatic heterocycles. The summed E-state index contributed by atoms with van der Waals surface area (Å²) < 4.78 is 33.6. The van der Waals surface area contributed by atoms with Crippen molar-refractivity contribution in [2.24, 2.45) is 0 Å². The summed E-state index contributed by atoms with van der Waals surface area (Å²) in [6, 6.07) is 22.3. The van der Waals surface area contributed by atoms with Gasteiger partial charge in [0, 0.05) is 19.2 Å². The first-order valence-corrected chi connectivity index (χ1v) is 9.79. The van der Waals surface area contributed by atoms with Crippen LogP contribution in [-0.2, 0) is 17.9 Å². The number of amides is 1. The zero-order valence-corrected chi connectivity index (χ0v) is 16.3. The molecule has 3 aromatic carbocycles. The van der Waals surface area contributed by atoms with E-state index in [9.17, 15) is 13.6 Å². The summed E-state index contributed by atoms with van der Waals surface area (Å²) in [4.78, 5) is 15.1. The van der Waals surface area contributed by atoms with E-state index in [-0.39, 0.29) is 11.4 Å². The van der Waals surface area contributed by atoms with Crippen LogP contribution >= 0.6 is 0 Å². The van der Waals surface area contributed by atoms with Gasteiger partial charge in [-0.2, -0.15) is 0 Å². The molecule has 1 amide bonds. The fourth-order valence-electron chi connectivity index (χ4n) is 3.71. The molecule has 1 heterocycles. The van der Waals surface area contributed by atoms with Gasteiger partial charge in [-0.3, -0.25) is 9.69 Å². The van der Waals surface area contributed by atoms with E-state index in [1.165, 1.54) is 18.2 Å². The van der Waals surface area contributed by atoms with Gasteiger partial charge in [-0.25, -0.2) is 8.78 Å². The van der Waals surface area contributed by atoms with Crippen LogP contribution in [0.2, 0.25) is 0 Å². The quantitative estimate of drug-likeness (QED) is 0.650. The number of rotatable bonds is 6. The van der Waals surface area contributed by atoms with E-state index in [1.807, 2.05) is 65.6 Å². The van der Waals surface area contributed by atoms with Crippen LogP contribution in [0.5, 0.6) is 5.75 Å². The molecule has 0 saturated carbocycles. The predicted octanol–water partition coefficient (Wildman–Crippen LogP) is 4.57. The highest BCUT2D eigenvalue weighted by atomic mass is 19.1. The maximum atomic E-state index is 14.1. The van der Waals surface area contributed by atoms with Gasteiger partial charge in [-0.1, -0.05) is 60.7 Å². The third-order valence-corrected chi connectivity index (χ3v) is 5.10. The summed E-state index contributed by atoms with van der Waals surface area (Å²) in [5.41, 5.74) is 2.19. The molecule has 0 spiro atoms. The predicted molar refractivity (Wildman–Crippen MR) is 111 cm³/mol. The van der Waals surface area contributed by atoms with Crippen molar-refractivity contribution < 1.29 is 18.3 Å². The number of hydrogen-bond acceptors (Lipinski definition) is 3. The Morgan fingerprint density at radius 2 is 1.50 bits per heavy atom. The van der Waals surface area contributed by atoms with Crippen molar-refractivity contribution in [1.29, 1.82) is 0 Å². The number of carbonyl (C=O) groups excluding carboxylic acids is 1. The highest BCUT2D eigenvalue weighted by Crippen LogP contribution is 2.32. The van der Waals surface area contributed by atoms with Gasteiger partial charge < -0.3 is 10.1 Å².